The Morgan fingerprint density at radius 1 is 1.04 bits per heavy atom. The number of nitrogens with one attached hydrogen (secondary N) is 1. The molecule has 1 heterocycles. The zero-order chi connectivity index (χ0) is 16.0. The number of halogens is 1. The van der Waals surface area contributed by atoms with E-state index in [1.54, 1.807) is 0 Å². The maximum Gasteiger partial charge on any atom is 0.0568 e. The first kappa shape index (κ1) is 14.8. The molecule has 0 fully saturated rings. The molecule has 2 aromatic rings. The predicted molar refractivity (Wildman–Crippen MR) is 98.3 cm³/mol. The van der Waals surface area contributed by atoms with Crippen molar-refractivity contribution in [3.8, 4) is 0 Å². The van der Waals surface area contributed by atoms with Gasteiger partial charge in [0.05, 0.1) is 6.04 Å². The molecule has 0 bridgehead atoms. The standard InChI is InChI=1S/C21H22ClN/c1-13(2)14-8-5-10-16-15-9-6-11-17(15)21(23-20(14)16)18-7-3-4-12-19(18)22/h3-10,12-13,15,17,21,23H,11H2,1-2H3/t15-,17-,21+/m1/s1. The van der Waals surface area contributed by atoms with Crippen LogP contribution in [0.15, 0.2) is 54.6 Å². The molecule has 3 atom stereocenters. The first-order chi connectivity index (χ1) is 11.2. The van der Waals surface area contributed by atoms with Crippen LogP contribution >= 0.6 is 11.6 Å². The van der Waals surface area contributed by atoms with Gasteiger partial charge >= 0.3 is 0 Å². The van der Waals surface area contributed by atoms with E-state index in [4.69, 9.17) is 11.6 Å². The molecule has 4 rings (SSSR count). The lowest BCUT2D eigenvalue weighted by molar-refractivity contribution is 0.424. The molecule has 2 aliphatic rings. The third-order valence-electron chi connectivity index (χ3n) is 5.29. The minimum atomic E-state index is 0.274. The van der Waals surface area contributed by atoms with Gasteiger partial charge in [0.2, 0.25) is 0 Å². The van der Waals surface area contributed by atoms with E-state index >= 15 is 0 Å². The van der Waals surface area contributed by atoms with E-state index in [1.165, 1.54) is 22.4 Å². The van der Waals surface area contributed by atoms with E-state index < -0.39 is 0 Å². The maximum atomic E-state index is 6.52. The second kappa shape index (κ2) is 5.72. The fraction of sp³-hybridized carbons (Fsp3) is 0.333. The fourth-order valence-corrected chi connectivity index (χ4v) is 4.42. The van der Waals surface area contributed by atoms with Crippen LogP contribution in [0.25, 0.3) is 0 Å². The van der Waals surface area contributed by atoms with Gasteiger partial charge in [-0.1, -0.05) is 74.0 Å². The number of anilines is 1. The molecule has 1 nitrogen and oxygen atoms in total. The molecule has 23 heavy (non-hydrogen) atoms. The highest BCUT2D eigenvalue weighted by atomic mass is 35.5. The third kappa shape index (κ3) is 2.38. The quantitative estimate of drug-likeness (QED) is 0.640. The van der Waals surface area contributed by atoms with Gasteiger partial charge in [-0.05, 0) is 41.0 Å². The van der Waals surface area contributed by atoms with Crippen molar-refractivity contribution in [1.82, 2.24) is 0 Å². The molecule has 2 aromatic carbocycles. The summed E-state index contributed by atoms with van der Waals surface area (Å²) in [6.45, 7) is 4.52. The summed E-state index contributed by atoms with van der Waals surface area (Å²) in [5.74, 6) is 1.54. The molecule has 0 saturated carbocycles. The Balaban J connectivity index is 1.86. The second-order valence-electron chi connectivity index (χ2n) is 6.96. The summed E-state index contributed by atoms with van der Waals surface area (Å²) in [6.07, 6.45) is 5.83. The summed E-state index contributed by atoms with van der Waals surface area (Å²) in [4.78, 5) is 0. The molecule has 1 N–H and O–H groups in total. The van der Waals surface area contributed by atoms with Crippen LogP contribution in [-0.2, 0) is 0 Å². The van der Waals surface area contributed by atoms with Crippen LogP contribution in [0.1, 0.15) is 54.8 Å². The van der Waals surface area contributed by atoms with E-state index in [1.807, 2.05) is 12.1 Å². The van der Waals surface area contributed by atoms with Crippen LogP contribution in [0.5, 0.6) is 0 Å². The number of para-hydroxylation sites is 1. The van der Waals surface area contributed by atoms with E-state index in [0.717, 1.165) is 11.4 Å². The summed E-state index contributed by atoms with van der Waals surface area (Å²) in [7, 11) is 0. The monoisotopic (exact) mass is 323 g/mol. The van der Waals surface area contributed by atoms with Gasteiger partial charge in [0.25, 0.3) is 0 Å². The molecule has 118 valence electrons. The fourth-order valence-electron chi connectivity index (χ4n) is 4.16. The van der Waals surface area contributed by atoms with Crippen LogP contribution in [-0.4, -0.2) is 0 Å². The van der Waals surface area contributed by atoms with Gasteiger partial charge in [0, 0.05) is 16.6 Å². The summed E-state index contributed by atoms with van der Waals surface area (Å²) in [6, 6.07) is 15.3. The Morgan fingerprint density at radius 3 is 2.61 bits per heavy atom. The lowest BCUT2D eigenvalue weighted by Crippen LogP contribution is -2.30. The highest BCUT2D eigenvalue weighted by molar-refractivity contribution is 6.31. The molecule has 0 radical (unpaired) electrons. The Labute approximate surface area is 143 Å². The molecule has 0 saturated heterocycles. The van der Waals surface area contributed by atoms with Gasteiger partial charge < -0.3 is 5.32 Å². The van der Waals surface area contributed by atoms with E-state index in [9.17, 15) is 0 Å². The van der Waals surface area contributed by atoms with Crippen molar-refractivity contribution >= 4 is 17.3 Å². The molecular formula is C21H22ClN. The summed E-state index contributed by atoms with van der Waals surface area (Å²) >= 11 is 6.52. The van der Waals surface area contributed by atoms with Crippen molar-refractivity contribution in [2.24, 2.45) is 5.92 Å². The molecule has 0 spiro atoms. The largest absolute Gasteiger partial charge is 0.377 e. The Morgan fingerprint density at radius 2 is 1.83 bits per heavy atom. The topological polar surface area (TPSA) is 12.0 Å². The van der Waals surface area contributed by atoms with E-state index in [0.29, 0.717) is 17.8 Å². The minimum Gasteiger partial charge on any atom is -0.377 e. The molecule has 1 aliphatic heterocycles. The zero-order valence-corrected chi connectivity index (χ0v) is 14.3. The van der Waals surface area contributed by atoms with Crippen LogP contribution in [0.2, 0.25) is 5.02 Å². The van der Waals surface area contributed by atoms with Gasteiger partial charge in [0.1, 0.15) is 0 Å². The average molecular weight is 324 g/mol. The number of hydrogen-bond acceptors (Lipinski definition) is 1. The SMILES string of the molecule is CC(C)c1cccc2c1N[C@H](c1ccccc1Cl)[C@@H]1CC=C[C@H]21. The summed E-state index contributed by atoms with van der Waals surface area (Å²) in [5, 5.41) is 4.71. The van der Waals surface area contributed by atoms with Gasteiger partial charge in [0.15, 0.2) is 0 Å². The summed E-state index contributed by atoms with van der Waals surface area (Å²) in [5.41, 5.74) is 5.38. The Hall–Kier alpha value is -1.73. The average Bonchev–Trinajstić information content (AvgIpc) is 3.04. The molecule has 1 aliphatic carbocycles. The molecular weight excluding hydrogens is 302 g/mol. The van der Waals surface area contributed by atoms with Crippen LogP contribution in [0.3, 0.4) is 0 Å². The van der Waals surface area contributed by atoms with Crippen molar-refractivity contribution in [2.45, 2.75) is 38.1 Å². The highest BCUT2D eigenvalue weighted by Crippen LogP contribution is 2.52. The van der Waals surface area contributed by atoms with Gasteiger partial charge in [-0.15, -0.1) is 0 Å². The van der Waals surface area contributed by atoms with Crippen LogP contribution < -0.4 is 5.32 Å². The third-order valence-corrected chi connectivity index (χ3v) is 5.64. The number of allylic oxidation sites excluding steroid dienone is 2. The lowest BCUT2D eigenvalue weighted by atomic mass is 9.75. The number of benzene rings is 2. The van der Waals surface area contributed by atoms with Crippen LogP contribution in [0, 0.1) is 5.92 Å². The molecule has 0 amide bonds. The van der Waals surface area contributed by atoms with Gasteiger partial charge in [-0.25, -0.2) is 0 Å². The van der Waals surface area contributed by atoms with Crippen LogP contribution in [0.4, 0.5) is 5.69 Å². The van der Waals surface area contributed by atoms with Gasteiger partial charge in [-0.2, -0.15) is 0 Å². The Kier molecular flexibility index (Phi) is 3.69. The molecule has 2 heteroatoms. The normalized spacial score (nSPS) is 25.1. The van der Waals surface area contributed by atoms with Crippen molar-refractivity contribution in [1.29, 1.82) is 0 Å². The number of fused-ring (bicyclic) bond motifs is 3. The summed E-state index contributed by atoms with van der Waals surface area (Å²) < 4.78 is 0. The second-order valence-corrected chi connectivity index (χ2v) is 7.37. The zero-order valence-electron chi connectivity index (χ0n) is 13.6. The van der Waals surface area contributed by atoms with Crippen molar-refractivity contribution in [3.63, 3.8) is 0 Å². The van der Waals surface area contributed by atoms with Crippen molar-refractivity contribution in [3.05, 3.63) is 76.3 Å². The number of hydrogen-bond donors (Lipinski definition) is 1. The highest BCUT2D eigenvalue weighted by Gasteiger charge is 2.39. The van der Waals surface area contributed by atoms with Gasteiger partial charge in [-0.3, -0.25) is 0 Å². The maximum absolute atomic E-state index is 6.52. The molecule has 0 unspecified atom stereocenters. The first-order valence-electron chi connectivity index (χ1n) is 8.47. The lowest BCUT2D eigenvalue weighted by Gasteiger charge is -2.39. The number of rotatable bonds is 2. The minimum absolute atomic E-state index is 0.274. The Bertz CT molecular complexity index is 762. The molecule has 0 aromatic heterocycles. The first-order valence-corrected chi connectivity index (χ1v) is 8.85. The van der Waals surface area contributed by atoms with E-state index in [-0.39, 0.29) is 6.04 Å². The predicted octanol–water partition coefficient (Wildman–Crippen LogP) is 6.29. The van der Waals surface area contributed by atoms with Crippen molar-refractivity contribution < 1.29 is 0 Å². The van der Waals surface area contributed by atoms with Crippen molar-refractivity contribution in [2.75, 3.05) is 5.32 Å². The van der Waals surface area contributed by atoms with E-state index in [2.05, 4.69) is 61.6 Å². The smallest absolute Gasteiger partial charge is 0.0568 e.